The largest absolute Gasteiger partial charge is 0.467 e. The lowest BCUT2D eigenvalue weighted by atomic mass is 9.72. The van der Waals surface area contributed by atoms with Crippen LogP contribution in [0.2, 0.25) is 0 Å². The van der Waals surface area contributed by atoms with Crippen LogP contribution in [0.25, 0.3) is 0 Å². The average Bonchev–Trinajstić information content (AvgIpc) is 2.99. The molecule has 0 aromatic carbocycles. The molecule has 1 aliphatic heterocycles. The van der Waals surface area contributed by atoms with Gasteiger partial charge in [0.25, 0.3) is 0 Å². The van der Waals surface area contributed by atoms with Crippen molar-refractivity contribution in [2.24, 2.45) is 5.41 Å². The average molecular weight is 264 g/mol. The highest BCUT2D eigenvalue weighted by Crippen LogP contribution is 2.43. The van der Waals surface area contributed by atoms with E-state index in [0.717, 1.165) is 0 Å². The Kier molecular flexibility index (Phi) is 3.61. The maximum atomic E-state index is 11.4. The second kappa shape index (κ2) is 4.78. The van der Waals surface area contributed by atoms with Gasteiger partial charge < -0.3 is 9.47 Å². The van der Waals surface area contributed by atoms with Gasteiger partial charge in [0.2, 0.25) is 0 Å². The van der Waals surface area contributed by atoms with Crippen molar-refractivity contribution < 1.29 is 14.3 Å². The predicted octanol–water partition coefficient (Wildman–Crippen LogP) is 3.40. The van der Waals surface area contributed by atoms with Gasteiger partial charge in [-0.1, -0.05) is 25.5 Å². The molecule has 2 unspecified atom stereocenters. The summed E-state index contributed by atoms with van der Waals surface area (Å²) in [5.41, 5.74) is 2.56. The molecule has 0 N–H and O–H groups in total. The van der Waals surface area contributed by atoms with Crippen LogP contribution in [0.15, 0.2) is 23.3 Å². The molecule has 2 rings (SSSR count). The Hall–Kier alpha value is -1.09. The molecule has 0 spiro atoms. The number of methoxy groups -OCH3 is 1. The lowest BCUT2D eigenvalue weighted by molar-refractivity contribution is -0.142. The van der Waals surface area contributed by atoms with Crippen molar-refractivity contribution in [1.82, 2.24) is 0 Å². The normalized spacial score (nSPS) is 33.6. The van der Waals surface area contributed by atoms with Crippen molar-refractivity contribution in [2.45, 2.75) is 58.7 Å². The van der Waals surface area contributed by atoms with E-state index in [2.05, 4.69) is 26.8 Å². The van der Waals surface area contributed by atoms with Crippen LogP contribution < -0.4 is 0 Å². The Morgan fingerprint density at radius 3 is 2.68 bits per heavy atom. The van der Waals surface area contributed by atoms with Gasteiger partial charge in [0.05, 0.1) is 7.11 Å². The summed E-state index contributed by atoms with van der Waals surface area (Å²) in [6.45, 7) is 8.69. The number of hydrogen-bond acceptors (Lipinski definition) is 3. The Morgan fingerprint density at radius 2 is 2.11 bits per heavy atom. The number of ether oxygens (including phenoxy) is 2. The first-order valence-corrected chi connectivity index (χ1v) is 6.95. The number of carbonyl (C=O) groups excluding carboxylic acids is 1. The Morgan fingerprint density at radius 1 is 1.42 bits per heavy atom. The molecule has 3 heteroatoms. The third-order valence-corrected chi connectivity index (χ3v) is 4.37. The van der Waals surface area contributed by atoms with Crippen LogP contribution in [-0.2, 0) is 14.3 Å². The maximum absolute atomic E-state index is 11.4. The third kappa shape index (κ3) is 2.76. The molecule has 0 radical (unpaired) electrons. The van der Waals surface area contributed by atoms with Gasteiger partial charge in [-0.05, 0) is 50.2 Å². The smallest absolute Gasteiger partial charge is 0.338 e. The van der Waals surface area contributed by atoms with Crippen molar-refractivity contribution in [3.8, 4) is 0 Å². The first kappa shape index (κ1) is 14.3. The Labute approximate surface area is 115 Å². The van der Waals surface area contributed by atoms with Gasteiger partial charge in [0, 0.05) is 0 Å². The molecule has 1 heterocycles. The van der Waals surface area contributed by atoms with E-state index in [1.807, 2.05) is 13.0 Å². The minimum Gasteiger partial charge on any atom is -0.467 e. The fraction of sp³-hybridized carbons (Fsp3) is 0.688. The topological polar surface area (TPSA) is 38.8 Å². The Balaban J connectivity index is 2.13. The zero-order valence-corrected chi connectivity index (χ0v) is 12.6. The number of esters is 1. The molecule has 0 saturated carbocycles. The van der Waals surface area contributed by atoms with Gasteiger partial charge in [0.1, 0.15) is 5.60 Å². The van der Waals surface area contributed by atoms with Gasteiger partial charge in [-0.25, -0.2) is 4.79 Å². The minimum absolute atomic E-state index is 0.213. The van der Waals surface area contributed by atoms with Crippen LogP contribution in [-0.4, -0.2) is 24.8 Å². The second-order valence-electron chi connectivity index (χ2n) is 6.47. The lowest BCUT2D eigenvalue weighted by Crippen LogP contribution is -2.20. The fourth-order valence-electron chi connectivity index (χ4n) is 2.99. The summed E-state index contributed by atoms with van der Waals surface area (Å²) in [7, 11) is 1.39. The number of epoxide rings is 1. The third-order valence-electron chi connectivity index (χ3n) is 4.37. The van der Waals surface area contributed by atoms with Crippen LogP contribution >= 0.6 is 0 Å². The molecule has 0 aromatic rings. The molecule has 2 aliphatic rings. The first-order chi connectivity index (χ1) is 8.80. The predicted molar refractivity (Wildman–Crippen MR) is 74.8 cm³/mol. The zero-order chi connectivity index (χ0) is 14.3. The summed E-state index contributed by atoms with van der Waals surface area (Å²) < 4.78 is 10.2. The minimum atomic E-state index is -0.492. The van der Waals surface area contributed by atoms with Gasteiger partial charge in [-0.15, -0.1) is 0 Å². The summed E-state index contributed by atoms with van der Waals surface area (Å²) in [5.74, 6) is -0.291. The van der Waals surface area contributed by atoms with Crippen LogP contribution in [0.1, 0.15) is 47.0 Å². The van der Waals surface area contributed by atoms with Gasteiger partial charge in [-0.2, -0.15) is 0 Å². The highest BCUT2D eigenvalue weighted by Gasteiger charge is 2.56. The highest BCUT2D eigenvalue weighted by atomic mass is 16.6. The summed E-state index contributed by atoms with van der Waals surface area (Å²) >= 11 is 0. The maximum Gasteiger partial charge on any atom is 0.338 e. The number of allylic oxidation sites excluding steroid dienone is 3. The van der Waals surface area contributed by atoms with Crippen LogP contribution in [0.3, 0.4) is 0 Å². The van der Waals surface area contributed by atoms with E-state index in [9.17, 15) is 4.79 Å². The molecule has 1 saturated heterocycles. The summed E-state index contributed by atoms with van der Waals surface area (Å²) in [6.07, 6.45) is 7.36. The van der Waals surface area contributed by atoms with Gasteiger partial charge >= 0.3 is 5.97 Å². The quantitative estimate of drug-likeness (QED) is 0.579. The number of carbonyl (C=O) groups is 1. The van der Waals surface area contributed by atoms with Crippen molar-refractivity contribution >= 4 is 5.97 Å². The molecule has 1 fully saturated rings. The van der Waals surface area contributed by atoms with Crippen LogP contribution in [0.4, 0.5) is 0 Å². The van der Waals surface area contributed by atoms with E-state index >= 15 is 0 Å². The zero-order valence-electron chi connectivity index (χ0n) is 12.6. The van der Waals surface area contributed by atoms with Gasteiger partial charge in [0.15, 0.2) is 6.10 Å². The van der Waals surface area contributed by atoms with E-state index in [1.165, 1.54) is 37.5 Å². The van der Waals surface area contributed by atoms with E-state index in [4.69, 9.17) is 9.47 Å². The van der Waals surface area contributed by atoms with E-state index in [-0.39, 0.29) is 11.4 Å². The SMILES string of the molecule is COC(=O)C1OC1(C)/C=C/C1=C(C)CCCC1(C)C. The van der Waals surface area contributed by atoms with Crippen LogP contribution in [0.5, 0.6) is 0 Å². The fourth-order valence-corrected chi connectivity index (χ4v) is 2.99. The Bertz CT molecular complexity index is 445. The monoisotopic (exact) mass is 264 g/mol. The summed E-state index contributed by atoms with van der Waals surface area (Å²) in [5, 5.41) is 0. The molecular formula is C16H24O3. The summed E-state index contributed by atoms with van der Waals surface area (Å²) in [4.78, 5) is 11.4. The van der Waals surface area contributed by atoms with Crippen LogP contribution in [0, 0.1) is 5.41 Å². The molecule has 19 heavy (non-hydrogen) atoms. The highest BCUT2D eigenvalue weighted by molar-refractivity contribution is 5.79. The molecule has 0 aromatic heterocycles. The van der Waals surface area contributed by atoms with Crippen molar-refractivity contribution in [3.63, 3.8) is 0 Å². The molecule has 106 valence electrons. The molecular weight excluding hydrogens is 240 g/mol. The van der Waals surface area contributed by atoms with E-state index < -0.39 is 11.7 Å². The van der Waals surface area contributed by atoms with E-state index in [0.29, 0.717) is 0 Å². The number of hydrogen-bond donors (Lipinski definition) is 0. The lowest BCUT2D eigenvalue weighted by Gasteiger charge is -2.33. The summed E-state index contributed by atoms with van der Waals surface area (Å²) in [6, 6.07) is 0. The molecule has 3 nitrogen and oxygen atoms in total. The molecule has 2 atom stereocenters. The number of rotatable bonds is 3. The van der Waals surface area contributed by atoms with Crippen molar-refractivity contribution in [1.29, 1.82) is 0 Å². The molecule has 1 aliphatic carbocycles. The molecule has 0 amide bonds. The van der Waals surface area contributed by atoms with Crippen molar-refractivity contribution in [2.75, 3.05) is 7.11 Å². The van der Waals surface area contributed by atoms with Gasteiger partial charge in [-0.3, -0.25) is 0 Å². The second-order valence-corrected chi connectivity index (χ2v) is 6.47. The first-order valence-electron chi connectivity index (χ1n) is 6.95. The van der Waals surface area contributed by atoms with Crippen molar-refractivity contribution in [3.05, 3.63) is 23.3 Å². The molecule has 0 bridgehead atoms. The van der Waals surface area contributed by atoms with E-state index in [1.54, 1.807) is 0 Å². The standard InChI is InChI=1S/C16H24O3/c1-11-7-6-9-15(2,3)12(11)8-10-16(4)13(19-16)14(17)18-5/h8,10,13H,6-7,9H2,1-5H3/b10-8+.